The van der Waals surface area contributed by atoms with Gasteiger partial charge in [-0.25, -0.2) is 9.97 Å². The second-order valence-corrected chi connectivity index (χ2v) is 5.99. The highest BCUT2D eigenvalue weighted by molar-refractivity contribution is 7.11. The van der Waals surface area contributed by atoms with Crippen molar-refractivity contribution >= 4 is 22.9 Å². The molecule has 1 N–H and O–H groups in total. The van der Waals surface area contributed by atoms with Gasteiger partial charge >= 0.3 is 0 Å². The van der Waals surface area contributed by atoms with Gasteiger partial charge in [-0.3, -0.25) is 0 Å². The fourth-order valence-corrected chi connectivity index (χ4v) is 2.97. The van der Waals surface area contributed by atoms with Crippen LogP contribution in [0.2, 0.25) is 0 Å². The van der Waals surface area contributed by atoms with Crippen molar-refractivity contribution in [2.45, 2.75) is 39.7 Å². The third-order valence-electron chi connectivity index (χ3n) is 3.32. The zero-order valence-electron chi connectivity index (χ0n) is 12.4. The van der Waals surface area contributed by atoms with Crippen molar-refractivity contribution in [1.82, 2.24) is 24.6 Å². The Morgan fingerprint density at radius 1 is 1.29 bits per heavy atom. The molecular formula is C14H18N6S. The fourth-order valence-electron chi connectivity index (χ4n) is 2.12. The van der Waals surface area contributed by atoms with E-state index in [0.717, 1.165) is 29.4 Å². The van der Waals surface area contributed by atoms with Crippen LogP contribution < -0.4 is 5.32 Å². The molecule has 0 fully saturated rings. The Hall–Kier alpha value is -2.02. The monoisotopic (exact) mass is 302 g/mol. The Bertz CT molecular complexity index is 747. The van der Waals surface area contributed by atoms with E-state index < -0.39 is 0 Å². The molecule has 3 rings (SSSR count). The van der Waals surface area contributed by atoms with Crippen LogP contribution in [0.3, 0.4) is 0 Å². The van der Waals surface area contributed by atoms with Crippen molar-refractivity contribution in [3.8, 4) is 0 Å². The van der Waals surface area contributed by atoms with Gasteiger partial charge in [-0.15, -0.1) is 11.3 Å². The molecule has 0 saturated heterocycles. The molecule has 0 aliphatic carbocycles. The minimum atomic E-state index is 0.120. The summed E-state index contributed by atoms with van der Waals surface area (Å²) in [5, 5.41) is 8.77. The lowest BCUT2D eigenvalue weighted by molar-refractivity contribution is 0.825. The van der Waals surface area contributed by atoms with Gasteiger partial charge in [0.2, 0.25) is 0 Å². The average molecular weight is 302 g/mol. The Balaban J connectivity index is 1.91. The first-order chi connectivity index (χ1) is 10.2. The third-order valence-corrected chi connectivity index (χ3v) is 4.65. The maximum absolute atomic E-state index is 4.49. The predicted octanol–water partition coefficient (Wildman–Crippen LogP) is 2.88. The van der Waals surface area contributed by atoms with Crippen molar-refractivity contribution in [2.75, 3.05) is 5.32 Å². The van der Waals surface area contributed by atoms with Crippen LogP contribution in [0.25, 0.3) is 5.78 Å². The number of hydrogen-bond donors (Lipinski definition) is 1. The molecule has 21 heavy (non-hydrogen) atoms. The summed E-state index contributed by atoms with van der Waals surface area (Å²) >= 11 is 1.74. The van der Waals surface area contributed by atoms with Crippen LogP contribution >= 0.6 is 11.3 Å². The molecule has 3 aromatic heterocycles. The second-order valence-electron chi connectivity index (χ2n) is 4.84. The molecule has 0 radical (unpaired) electrons. The summed E-state index contributed by atoms with van der Waals surface area (Å²) in [6.45, 7) is 6.33. The van der Waals surface area contributed by atoms with Gasteiger partial charge in [0.25, 0.3) is 5.78 Å². The smallest absolute Gasteiger partial charge is 0.254 e. The van der Waals surface area contributed by atoms with E-state index in [1.54, 1.807) is 15.9 Å². The normalized spacial score (nSPS) is 12.7. The van der Waals surface area contributed by atoms with Crippen molar-refractivity contribution in [3.05, 3.63) is 34.2 Å². The lowest BCUT2D eigenvalue weighted by atomic mass is 10.3. The topological polar surface area (TPSA) is 68.0 Å². The van der Waals surface area contributed by atoms with E-state index >= 15 is 0 Å². The summed E-state index contributed by atoms with van der Waals surface area (Å²) in [5.41, 5.74) is 0.999. The van der Waals surface area contributed by atoms with Gasteiger partial charge in [-0.1, -0.05) is 13.8 Å². The molecule has 7 heteroatoms. The van der Waals surface area contributed by atoms with Crippen molar-refractivity contribution in [1.29, 1.82) is 0 Å². The van der Waals surface area contributed by atoms with Gasteiger partial charge in [0.1, 0.15) is 17.2 Å². The number of rotatable bonds is 5. The van der Waals surface area contributed by atoms with Crippen molar-refractivity contribution in [2.24, 2.45) is 0 Å². The predicted molar refractivity (Wildman–Crippen MR) is 83.7 cm³/mol. The molecule has 3 heterocycles. The number of aromatic nitrogens is 5. The van der Waals surface area contributed by atoms with Gasteiger partial charge in [-0.2, -0.15) is 14.6 Å². The van der Waals surface area contributed by atoms with Gasteiger partial charge in [0.15, 0.2) is 0 Å². The minimum Gasteiger partial charge on any atom is -0.361 e. The molecule has 1 atom stereocenters. The summed E-state index contributed by atoms with van der Waals surface area (Å²) < 4.78 is 1.73. The Kier molecular flexibility index (Phi) is 3.83. The van der Waals surface area contributed by atoms with E-state index in [4.69, 9.17) is 0 Å². The molecule has 3 aromatic rings. The number of nitrogens with one attached hydrogen (secondary N) is 1. The Morgan fingerprint density at radius 3 is 2.86 bits per heavy atom. The summed E-state index contributed by atoms with van der Waals surface area (Å²) in [6, 6.07) is 2.14. The van der Waals surface area contributed by atoms with Crippen LogP contribution in [-0.4, -0.2) is 24.6 Å². The average Bonchev–Trinajstić information content (AvgIpc) is 3.15. The summed E-state index contributed by atoms with van der Waals surface area (Å²) in [7, 11) is 0. The SMILES string of the molecule is CCc1cc(NC(C)c2ncc(CC)s2)n2ncnc2n1. The summed E-state index contributed by atoms with van der Waals surface area (Å²) in [6.07, 6.45) is 5.36. The molecule has 110 valence electrons. The maximum atomic E-state index is 4.49. The zero-order chi connectivity index (χ0) is 14.8. The van der Waals surface area contributed by atoms with E-state index in [1.807, 2.05) is 12.3 Å². The number of thiazole rings is 1. The minimum absolute atomic E-state index is 0.120. The van der Waals surface area contributed by atoms with Crippen LogP contribution in [0.15, 0.2) is 18.6 Å². The first kappa shape index (κ1) is 13.9. The number of fused-ring (bicyclic) bond motifs is 1. The number of nitrogens with zero attached hydrogens (tertiary/aromatic N) is 5. The van der Waals surface area contributed by atoms with Crippen LogP contribution in [0.1, 0.15) is 42.4 Å². The molecule has 0 saturated carbocycles. The lowest BCUT2D eigenvalue weighted by Crippen LogP contribution is -2.11. The van der Waals surface area contributed by atoms with Crippen LogP contribution in [0, 0.1) is 0 Å². The van der Waals surface area contributed by atoms with Crippen LogP contribution in [-0.2, 0) is 12.8 Å². The van der Waals surface area contributed by atoms with Gasteiger partial charge in [-0.05, 0) is 19.8 Å². The van der Waals surface area contributed by atoms with Gasteiger partial charge < -0.3 is 5.32 Å². The second kappa shape index (κ2) is 5.77. The van der Waals surface area contributed by atoms with Gasteiger partial charge in [0.05, 0.1) is 6.04 Å². The molecule has 0 aromatic carbocycles. The first-order valence-electron chi connectivity index (χ1n) is 7.12. The maximum Gasteiger partial charge on any atom is 0.254 e. The molecular weight excluding hydrogens is 284 g/mol. The zero-order valence-corrected chi connectivity index (χ0v) is 13.2. The summed E-state index contributed by atoms with van der Waals surface area (Å²) in [5.74, 6) is 1.52. The number of anilines is 1. The lowest BCUT2D eigenvalue weighted by Gasteiger charge is -2.14. The highest BCUT2D eigenvalue weighted by atomic mass is 32.1. The van der Waals surface area contributed by atoms with E-state index in [9.17, 15) is 0 Å². The van der Waals surface area contributed by atoms with Crippen molar-refractivity contribution < 1.29 is 0 Å². The van der Waals surface area contributed by atoms with E-state index in [2.05, 4.69) is 46.1 Å². The molecule has 0 spiro atoms. The number of hydrogen-bond acceptors (Lipinski definition) is 6. The van der Waals surface area contributed by atoms with E-state index in [-0.39, 0.29) is 6.04 Å². The quantitative estimate of drug-likeness (QED) is 0.785. The van der Waals surface area contributed by atoms with Gasteiger partial charge in [0, 0.05) is 22.8 Å². The van der Waals surface area contributed by atoms with Crippen LogP contribution in [0.5, 0.6) is 0 Å². The fraction of sp³-hybridized carbons (Fsp3) is 0.429. The first-order valence-corrected chi connectivity index (χ1v) is 7.93. The molecule has 0 aliphatic heterocycles. The third kappa shape index (κ3) is 2.73. The molecule has 0 bridgehead atoms. The largest absolute Gasteiger partial charge is 0.361 e. The highest BCUT2D eigenvalue weighted by Crippen LogP contribution is 2.24. The summed E-state index contributed by atoms with van der Waals surface area (Å²) in [4.78, 5) is 14.4. The standard InChI is InChI=1S/C14H18N6S/c1-4-10-6-12(20-14(19-10)16-8-17-20)18-9(3)13-15-7-11(5-2)21-13/h6-9,18H,4-5H2,1-3H3. The molecule has 0 amide bonds. The molecule has 0 aliphatic rings. The van der Waals surface area contributed by atoms with E-state index in [0.29, 0.717) is 5.78 Å². The van der Waals surface area contributed by atoms with E-state index in [1.165, 1.54) is 11.2 Å². The van der Waals surface area contributed by atoms with Crippen molar-refractivity contribution in [3.63, 3.8) is 0 Å². The Labute approximate surface area is 127 Å². The van der Waals surface area contributed by atoms with Crippen LogP contribution in [0.4, 0.5) is 5.82 Å². The number of aryl methyl sites for hydroxylation is 2. The Morgan fingerprint density at radius 2 is 2.14 bits per heavy atom. The molecule has 1 unspecified atom stereocenters. The highest BCUT2D eigenvalue weighted by Gasteiger charge is 2.13. The molecule has 6 nitrogen and oxygen atoms in total.